The molecule has 98 heavy (non-hydrogen) atoms. The van der Waals surface area contributed by atoms with Crippen LogP contribution in [-0.2, 0) is 80.8 Å². The van der Waals surface area contributed by atoms with Crippen molar-refractivity contribution in [2.24, 2.45) is 0 Å². The van der Waals surface area contributed by atoms with E-state index in [2.05, 4.69) is 45.7 Å². The normalized spacial score (nSPS) is 40.0. The number of allylic oxidation sites excluding steroid dienone is 2. The highest BCUT2D eigenvalue weighted by Gasteiger charge is 2.58. The number of ether oxygens (including phenoxy) is 12. The second kappa shape index (κ2) is 40.8. The first kappa shape index (κ1) is 83.0. The van der Waals surface area contributed by atoms with Crippen LogP contribution >= 0.6 is 0 Å². The van der Waals surface area contributed by atoms with Gasteiger partial charge in [0.15, 0.2) is 37.7 Å². The number of rotatable bonds is 36. The Kier molecular flexibility index (Phi) is 34.6. The minimum atomic E-state index is -2.05. The van der Waals surface area contributed by atoms with Crippen molar-refractivity contribution in [3.63, 3.8) is 0 Å². The van der Waals surface area contributed by atoms with Crippen molar-refractivity contribution in [1.82, 2.24) is 26.6 Å². The lowest BCUT2D eigenvalue weighted by molar-refractivity contribution is -0.368. The highest BCUT2D eigenvalue weighted by molar-refractivity contribution is 5.76. The molecule has 0 aromatic carbocycles. The standard InChI is InChI=1S/C63H109N5O30/c1-8-9-10-11-12-13-14-15-16-17-18-19-20-21-22-23-39(77)68-41-47(80)46(79)34(24-69)91-59(41)95-53-35(25-70)92-60(42(49(53)82)65-31(4)74)96-54-36(26-71)93-61(43(50(54)83)66-32(5)75)97-55-37(27-72)94-62(44(51(55)84)67-33(6)76)98-56-38(90-58(86)40(48(56)81)64-30(3)73)28-88-63-57(87-7)52(85)45(78)29(2)89-63/h13-14,29,34-38,40-63,69-72,78-86H,8-12,15-28H2,1-7H3,(H,64,73)(H,65,74)(H,66,75)(H,67,76)(H,68,77)/b14-13-/t29?,34?,35?,36?,37?,38?,40-,41-,42-,43-,44-,45+,46+,47?,48?,49?,50?,51?,52?,53+,54+,55+,56+,57+,58+,59-,60-,61-,62-,63+/m0/s1. The summed E-state index contributed by atoms with van der Waals surface area (Å²) >= 11 is 0. The molecular weight excluding hydrogens is 1310 g/mol. The zero-order chi connectivity index (χ0) is 72.1. The quantitative estimate of drug-likeness (QED) is 0.0205. The van der Waals surface area contributed by atoms with Crippen LogP contribution in [0.3, 0.4) is 0 Å². The molecule has 35 nitrogen and oxygen atoms in total. The molecule has 6 heterocycles. The first-order valence-corrected chi connectivity index (χ1v) is 34.0. The van der Waals surface area contributed by atoms with Crippen LogP contribution in [0.2, 0.25) is 0 Å². The summed E-state index contributed by atoms with van der Waals surface area (Å²) in [6, 6.07) is -8.35. The Hall–Kier alpha value is -3.91. The van der Waals surface area contributed by atoms with Gasteiger partial charge in [0, 0.05) is 41.2 Å². The maximum atomic E-state index is 13.4. The van der Waals surface area contributed by atoms with Gasteiger partial charge in [0.1, 0.15) is 140 Å². The fourth-order valence-electron chi connectivity index (χ4n) is 13.0. The van der Waals surface area contributed by atoms with Crippen LogP contribution in [0.4, 0.5) is 0 Å². The molecule has 18 N–H and O–H groups in total. The molecule has 30 atom stereocenters. The van der Waals surface area contributed by atoms with Crippen LogP contribution in [0.15, 0.2) is 12.2 Å². The SMILES string of the molecule is CCCCCC/C=C\CCCCCCCCCC(=O)N[C@H]1C(O)[C@H](O)C(CO)O[C@H]1O[C@@H]1C(CO)O[C@@H](O[C@@H]2C(CO)O[C@@H](O[C@@H]3C(CO)O[C@@H](O[C@@H]4C(CO[C@@H]5OC(C)[C@@H](O)C(O)[C@H]5OC)O[C@@H](O)[C@@H](NC(C)=O)C4O)[C@@H](NC(C)=O)C3O)[C@@H](NC(C)=O)C2O)[C@@H](NC(C)=O)C1O. The summed E-state index contributed by atoms with van der Waals surface area (Å²) in [6.45, 7) is 3.37. The molecular formula is C63H109N5O30. The zero-order valence-electron chi connectivity index (χ0n) is 56.7. The Morgan fingerprint density at radius 2 is 0.755 bits per heavy atom. The number of carbonyl (C=O) groups is 5. The molecule has 0 spiro atoms. The van der Waals surface area contributed by atoms with Crippen LogP contribution in [0, 0.1) is 0 Å². The highest BCUT2D eigenvalue weighted by Crippen LogP contribution is 2.37. The number of hydrogen-bond donors (Lipinski definition) is 18. The van der Waals surface area contributed by atoms with Gasteiger partial charge in [0.2, 0.25) is 29.5 Å². The van der Waals surface area contributed by atoms with Crippen molar-refractivity contribution in [3.8, 4) is 0 Å². The molecule has 6 fully saturated rings. The molecule has 6 aliphatic heterocycles. The van der Waals surface area contributed by atoms with Crippen molar-refractivity contribution in [2.45, 2.75) is 315 Å². The average molecular weight is 1420 g/mol. The number of aliphatic hydroxyl groups is 13. The molecule has 0 saturated carbocycles. The highest BCUT2D eigenvalue weighted by atomic mass is 16.8. The summed E-state index contributed by atoms with van der Waals surface area (Å²) in [6.07, 6.45) is -24.7. The van der Waals surface area contributed by atoms with E-state index < -0.39 is 246 Å². The average Bonchev–Trinajstić information content (AvgIpc) is 0.774. The fraction of sp³-hybridized carbons (Fsp3) is 0.889. The van der Waals surface area contributed by atoms with Crippen molar-refractivity contribution in [2.75, 3.05) is 40.1 Å². The first-order valence-electron chi connectivity index (χ1n) is 34.0. The van der Waals surface area contributed by atoms with Gasteiger partial charge in [-0.2, -0.15) is 0 Å². The van der Waals surface area contributed by atoms with Crippen molar-refractivity contribution < 1.29 is 147 Å². The third-order valence-electron chi connectivity index (χ3n) is 18.3. The predicted molar refractivity (Wildman–Crippen MR) is 334 cm³/mol. The molecule has 0 aromatic rings. The van der Waals surface area contributed by atoms with Crippen LogP contribution in [-0.4, -0.2) is 320 Å². The van der Waals surface area contributed by atoms with Crippen LogP contribution in [0.25, 0.3) is 0 Å². The molecule has 6 aliphatic rings. The Bertz CT molecular complexity index is 2450. The molecule has 566 valence electrons. The Balaban J connectivity index is 1.15. The monoisotopic (exact) mass is 1420 g/mol. The topological polar surface area (TPSA) is 519 Å². The van der Waals surface area contributed by atoms with Gasteiger partial charge in [0.05, 0.1) is 39.1 Å². The van der Waals surface area contributed by atoms with Gasteiger partial charge in [-0.05, 0) is 39.0 Å². The van der Waals surface area contributed by atoms with Gasteiger partial charge in [-0.3, -0.25) is 24.0 Å². The minimum Gasteiger partial charge on any atom is -0.394 e. The van der Waals surface area contributed by atoms with E-state index in [1.807, 2.05) is 0 Å². The van der Waals surface area contributed by atoms with Gasteiger partial charge in [-0.25, -0.2) is 0 Å². The van der Waals surface area contributed by atoms with E-state index in [1.54, 1.807) is 0 Å². The molecule has 0 aliphatic carbocycles. The molecule has 0 aromatic heterocycles. The Morgan fingerprint density at radius 3 is 1.16 bits per heavy atom. The summed E-state index contributed by atoms with van der Waals surface area (Å²) in [7, 11) is 1.21. The largest absolute Gasteiger partial charge is 0.394 e. The summed E-state index contributed by atoms with van der Waals surface area (Å²) in [5.41, 5.74) is 0. The second-order valence-corrected chi connectivity index (χ2v) is 25.9. The van der Waals surface area contributed by atoms with Crippen LogP contribution in [0.1, 0.15) is 131 Å². The van der Waals surface area contributed by atoms with Gasteiger partial charge in [-0.15, -0.1) is 0 Å². The van der Waals surface area contributed by atoms with E-state index >= 15 is 0 Å². The van der Waals surface area contributed by atoms with Crippen molar-refractivity contribution in [3.05, 3.63) is 12.2 Å². The van der Waals surface area contributed by atoms with E-state index in [-0.39, 0.29) is 6.42 Å². The summed E-state index contributed by atoms with van der Waals surface area (Å²) in [4.78, 5) is 64.5. The number of nitrogens with one attached hydrogen (secondary N) is 5. The lowest BCUT2D eigenvalue weighted by Gasteiger charge is -2.51. The van der Waals surface area contributed by atoms with E-state index in [1.165, 1.54) is 39.7 Å². The van der Waals surface area contributed by atoms with Crippen LogP contribution < -0.4 is 26.6 Å². The maximum Gasteiger partial charge on any atom is 0.220 e. The number of hydrogen-bond acceptors (Lipinski definition) is 30. The van der Waals surface area contributed by atoms with Gasteiger partial charge >= 0.3 is 0 Å². The zero-order valence-corrected chi connectivity index (χ0v) is 56.7. The predicted octanol–water partition coefficient (Wildman–Crippen LogP) is -5.68. The smallest absolute Gasteiger partial charge is 0.220 e. The summed E-state index contributed by atoms with van der Waals surface area (Å²) in [5, 5.41) is 158. The van der Waals surface area contributed by atoms with Crippen LogP contribution in [0.5, 0.6) is 0 Å². The molecule has 12 unspecified atom stereocenters. The van der Waals surface area contributed by atoms with Gasteiger partial charge in [0.25, 0.3) is 0 Å². The van der Waals surface area contributed by atoms with E-state index in [9.17, 15) is 90.4 Å². The summed E-state index contributed by atoms with van der Waals surface area (Å²) < 4.78 is 71.9. The van der Waals surface area contributed by atoms with Gasteiger partial charge < -0.3 is 150 Å². The summed E-state index contributed by atoms with van der Waals surface area (Å²) in [5.74, 6) is -3.71. The molecule has 6 saturated heterocycles. The second-order valence-electron chi connectivity index (χ2n) is 25.9. The molecule has 0 radical (unpaired) electrons. The van der Waals surface area contributed by atoms with Crippen molar-refractivity contribution in [1.29, 1.82) is 0 Å². The lowest BCUT2D eigenvalue weighted by atomic mass is 9.93. The molecule has 6 rings (SSSR count). The number of aliphatic hydroxyl groups excluding tert-OH is 13. The number of unbranched alkanes of at least 4 members (excludes halogenated alkanes) is 11. The molecule has 0 bridgehead atoms. The van der Waals surface area contributed by atoms with Gasteiger partial charge in [-0.1, -0.05) is 70.4 Å². The maximum absolute atomic E-state index is 13.4. The molecule has 35 heteroatoms. The number of methoxy groups -OCH3 is 1. The van der Waals surface area contributed by atoms with Crippen molar-refractivity contribution >= 4 is 29.5 Å². The fourth-order valence-corrected chi connectivity index (χ4v) is 13.0. The Morgan fingerprint density at radius 1 is 0.388 bits per heavy atom. The first-order chi connectivity index (χ1) is 46.7. The molecule has 5 amide bonds. The third kappa shape index (κ3) is 22.5. The van der Waals surface area contributed by atoms with E-state index in [4.69, 9.17) is 56.8 Å². The van der Waals surface area contributed by atoms with E-state index in [0.717, 1.165) is 79.1 Å². The Labute approximate surface area is 569 Å². The van der Waals surface area contributed by atoms with E-state index in [0.29, 0.717) is 6.42 Å². The lowest BCUT2D eigenvalue weighted by Crippen LogP contribution is -2.72. The third-order valence-corrected chi connectivity index (χ3v) is 18.3. The number of amides is 5. The minimum absolute atomic E-state index is 0.0169. The number of carbonyl (C=O) groups excluding carboxylic acids is 5.